The third-order valence-corrected chi connectivity index (χ3v) is 4.29. The van der Waals surface area contributed by atoms with Gasteiger partial charge in [-0.15, -0.1) is 0 Å². The van der Waals surface area contributed by atoms with Gasteiger partial charge in [0.25, 0.3) is 0 Å². The van der Waals surface area contributed by atoms with Crippen LogP contribution in [0, 0.1) is 6.92 Å². The van der Waals surface area contributed by atoms with Crippen molar-refractivity contribution in [2.24, 2.45) is 0 Å². The van der Waals surface area contributed by atoms with Gasteiger partial charge in [0.15, 0.2) is 5.78 Å². The Balaban J connectivity index is 1.81. The van der Waals surface area contributed by atoms with E-state index in [2.05, 4.69) is 14.9 Å². The summed E-state index contributed by atoms with van der Waals surface area (Å²) in [7, 11) is 0. The van der Waals surface area contributed by atoms with Crippen molar-refractivity contribution in [3.8, 4) is 5.75 Å². The highest BCUT2D eigenvalue weighted by atomic mass is 16.5. The Morgan fingerprint density at radius 2 is 2.21 bits per heavy atom. The monoisotopic (exact) mass is 325 g/mol. The summed E-state index contributed by atoms with van der Waals surface area (Å²) in [6.45, 7) is 8.63. The summed E-state index contributed by atoms with van der Waals surface area (Å²) in [5.41, 5.74) is 4.12. The minimum Gasteiger partial charge on any atom is -0.494 e. The number of rotatable bonds is 5. The van der Waals surface area contributed by atoms with E-state index in [0.29, 0.717) is 6.61 Å². The summed E-state index contributed by atoms with van der Waals surface area (Å²) < 4.78 is 5.74. The zero-order valence-electron chi connectivity index (χ0n) is 14.5. The molecule has 1 aromatic carbocycles. The van der Waals surface area contributed by atoms with E-state index in [4.69, 9.17) is 4.74 Å². The topological polar surface area (TPSA) is 55.3 Å². The molecule has 0 amide bonds. The van der Waals surface area contributed by atoms with E-state index in [1.165, 1.54) is 5.56 Å². The quantitative estimate of drug-likeness (QED) is 0.791. The van der Waals surface area contributed by atoms with Crippen molar-refractivity contribution in [2.75, 3.05) is 13.2 Å². The zero-order valence-corrected chi connectivity index (χ0v) is 14.5. The number of Topliss-reactive ketones (excluding diaryl/α,β-unsaturated/α-hetero) is 1. The van der Waals surface area contributed by atoms with E-state index in [0.717, 1.165) is 54.4 Å². The highest BCUT2D eigenvalue weighted by Crippen LogP contribution is 2.25. The number of aromatic nitrogens is 2. The molecule has 0 saturated heterocycles. The second-order valence-electron chi connectivity index (χ2n) is 6.16. The molecule has 126 valence electrons. The van der Waals surface area contributed by atoms with Crippen molar-refractivity contribution in [2.45, 2.75) is 40.3 Å². The van der Waals surface area contributed by atoms with Gasteiger partial charge in [-0.2, -0.15) is 0 Å². The number of hydrogen-bond donors (Lipinski definition) is 0. The highest BCUT2D eigenvalue weighted by molar-refractivity contribution is 5.94. The molecule has 0 N–H and O–H groups in total. The van der Waals surface area contributed by atoms with Gasteiger partial charge in [-0.25, -0.2) is 9.97 Å². The number of nitrogens with zero attached hydrogens (tertiary/aromatic N) is 3. The van der Waals surface area contributed by atoms with Crippen LogP contribution in [-0.2, 0) is 19.5 Å². The van der Waals surface area contributed by atoms with Crippen LogP contribution in [0.4, 0.5) is 0 Å². The van der Waals surface area contributed by atoms with Crippen LogP contribution >= 0.6 is 0 Å². The number of ketones is 1. The minimum atomic E-state index is 0.0761. The molecule has 0 fully saturated rings. The lowest BCUT2D eigenvalue weighted by Gasteiger charge is -2.28. The first-order chi connectivity index (χ1) is 11.6. The molecule has 5 nitrogen and oxygen atoms in total. The maximum Gasteiger partial charge on any atom is 0.159 e. The van der Waals surface area contributed by atoms with Crippen molar-refractivity contribution in [3.05, 3.63) is 52.6 Å². The summed E-state index contributed by atoms with van der Waals surface area (Å²) in [5.74, 6) is 1.76. The molecule has 0 atom stereocenters. The molecule has 1 aliphatic heterocycles. The van der Waals surface area contributed by atoms with Gasteiger partial charge in [-0.1, -0.05) is 0 Å². The molecular weight excluding hydrogens is 302 g/mol. The molecule has 0 bridgehead atoms. The molecule has 2 aromatic rings. The van der Waals surface area contributed by atoms with Gasteiger partial charge < -0.3 is 4.74 Å². The molecule has 1 aliphatic rings. The average Bonchev–Trinajstić information content (AvgIpc) is 2.56. The lowest BCUT2D eigenvalue weighted by atomic mass is 10.0. The highest BCUT2D eigenvalue weighted by Gasteiger charge is 2.19. The lowest BCUT2D eigenvalue weighted by Crippen LogP contribution is -2.31. The number of carbonyl (C=O) groups is 1. The Hall–Kier alpha value is -2.27. The first-order valence-corrected chi connectivity index (χ1v) is 8.37. The molecule has 2 heterocycles. The fraction of sp³-hybridized carbons (Fsp3) is 0.421. The zero-order chi connectivity index (χ0) is 17.1. The van der Waals surface area contributed by atoms with Crippen molar-refractivity contribution >= 4 is 5.78 Å². The first kappa shape index (κ1) is 16.6. The molecule has 0 spiro atoms. The Labute approximate surface area is 142 Å². The van der Waals surface area contributed by atoms with Gasteiger partial charge in [0.05, 0.1) is 6.61 Å². The molecule has 0 aliphatic carbocycles. The molecule has 5 heteroatoms. The summed E-state index contributed by atoms with van der Waals surface area (Å²) in [6, 6.07) is 5.69. The maximum absolute atomic E-state index is 11.7. The molecule has 0 unspecified atom stereocenters. The summed E-state index contributed by atoms with van der Waals surface area (Å²) in [5, 5.41) is 0. The van der Waals surface area contributed by atoms with Crippen LogP contribution in [0.3, 0.4) is 0 Å². The minimum absolute atomic E-state index is 0.0761. The molecule has 0 radical (unpaired) electrons. The van der Waals surface area contributed by atoms with Gasteiger partial charge in [-0.05, 0) is 39.0 Å². The van der Waals surface area contributed by atoms with Crippen molar-refractivity contribution in [1.82, 2.24) is 14.9 Å². The Kier molecular flexibility index (Phi) is 4.90. The number of fused-ring (bicyclic) bond motifs is 1. The van der Waals surface area contributed by atoms with E-state index in [1.54, 1.807) is 6.92 Å². The van der Waals surface area contributed by atoms with Gasteiger partial charge in [0.2, 0.25) is 0 Å². The van der Waals surface area contributed by atoms with E-state index in [9.17, 15) is 4.79 Å². The van der Waals surface area contributed by atoms with Crippen molar-refractivity contribution in [1.29, 1.82) is 0 Å². The van der Waals surface area contributed by atoms with Crippen LogP contribution in [0.25, 0.3) is 0 Å². The fourth-order valence-electron chi connectivity index (χ4n) is 3.07. The van der Waals surface area contributed by atoms with Gasteiger partial charge >= 0.3 is 0 Å². The van der Waals surface area contributed by atoms with Crippen LogP contribution < -0.4 is 4.74 Å². The normalized spacial score (nSPS) is 14.3. The lowest BCUT2D eigenvalue weighted by molar-refractivity contribution is 0.101. The van der Waals surface area contributed by atoms with Crippen LogP contribution in [0.5, 0.6) is 5.75 Å². The number of aryl methyl sites for hydroxylation is 1. The number of ether oxygens (including phenoxy) is 1. The van der Waals surface area contributed by atoms with Crippen LogP contribution in [-0.4, -0.2) is 33.8 Å². The fourth-order valence-corrected chi connectivity index (χ4v) is 3.07. The number of hydrogen-bond acceptors (Lipinski definition) is 5. The second kappa shape index (κ2) is 7.09. The molecule has 1 aromatic heterocycles. The van der Waals surface area contributed by atoms with E-state index >= 15 is 0 Å². The third-order valence-electron chi connectivity index (χ3n) is 4.29. The molecule has 3 rings (SSSR count). The largest absolute Gasteiger partial charge is 0.494 e. The van der Waals surface area contributed by atoms with Crippen LogP contribution in [0.1, 0.15) is 46.9 Å². The summed E-state index contributed by atoms with van der Waals surface area (Å²) >= 11 is 0. The SMILES string of the molecule is CCOc1ccc(C(C)=O)cc1CN1CCc2nc(C)ncc2C1. The van der Waals surface area contributed by atoms with Gasteiger partial charge in [-0.3, -0.25) is 9.69 Å². The Bertz CT molecular complexity index is 758. The Morgan fingerprint density at radius 1 is 1.38 bits per heavy atom. The Morgan fingerprint density at radius 3 is 2.96 bits per heavy atom. The second-order valence-corrected chi connectivity index (χ2v) is 6.16. The molecule has 0 saturated carbocycles. The molecular formula is C19H23N3O2. The van der Waals surface area contributed by atoms with E-state index in [1.807, 2.05) is 38.2 Å². The predicted octanol–water partition coefficient (Wildman–Crippen LogP) is 2.94. The average molecular weight is 325 g/mol. The number of benzene rings is 1. The van der Waals surface area contributed by atoms with Gasteiger partial charge in [0, 0.05) is 54.6 Å². The smallest absolute Gasteiger partial charge is 0.159 e. The van der Waals surface area contributed by atoms with Crippen molar-refractivity contribution < 1.29 is 9.53 Å². The van der Waals surface area contributed by atoms with E-state index < -0.39 is 0 Å². The van der Waals surface area contributed by atoms with Gasteiger partial charge in [0.1, 0.15) is 11.6 Å². The summed E-state index contributed by atoms with van der Waals surface area (Å²) in [6.07, 6.45) is 2.86. The first-order valence-electron chi connectivity index (χ1n) is 8.37. The standard InChI is InChI=1S/C19H23N3O2/c1-4-24-19-6-5-15(13(2)23)9-16(19)11-22-8-7-18-17(12-22)10-20-14(3)21-18/h5-6,9-10H,4,7-8,11-12H2,1-3H3. The third kappa shape index (κ3) is 3.62. The number of carbonyl (C=O) groups excluding carboxylic acids is 1. The predicted molar refractivity (Wildman–Crippen MR) is 92.2 cm³/mol. The van der Waals surface area contributed by atoms with Crippen LogP contribution in [0.15, 0.2) is 24.4 Å². The van der Waals surface area contributed by atoms with Crippen molar-refractivity contribution in [3.63, 3.8) is 0 Å². The molecule has 24 heavy (non-hydrogen) atoms. The summed E-state index contributed by atoms with van der Waals surface area (Å²) in [4.78, 5) is 22.9. The van der Waals surface area contributed by atoms with E-state index in [-0.39, 0.29) is 5.78 Å². The maximum atomic E-state index is 11.7. The van der Waals surface area contributed by atoms with Crippen LogP contribution in [0.2, 0.25) is 0 Å².